The van der Waals surface area contributed by atoms with Crippen molar-refractivity contribution in [2.24, 2.45) is 0 Å². The SMILES string of the molecule is O=C(Nc1nc(-c2cc3ccccc3oc2=O)cs1)c1ccc(Cl)cc1Cl. The third kappa shape index (κ3) is 3.60. The lowest BCUT2D eigenvalue weighted by Crippen LogP contribution is -2.12. The van der Waals surface area contributed by atoms with Crippen LogP contribution in [0, 0.1) is 0 Å². The maximum absolute atomic E-state index is 12.4. The van der Waals surface area contributed by atoms with Crippen LogP contribution in [0.4, 0.5) is 5.13 Å². The summed E-state index contributed by atoms with van der Waals surface area (Å²) in [6, 6.07) is 13.5. The van der Waals surface area contributed by atoms with Crippen LogP contribution >= 0.6 is 34.5 Å². The van der Waals surface area contributed by atoms with Crippen LogP contribution in [0.5, 0.6) is 0 Å². The van der Waals surface area contributed by atoms with E-state index in [0.717, 1.165) is 5.39 Å². The summed E-state index contributed by atoms with van der Waals surface area (Å²) in [6.07, 6.45) is 0. The van der Waals surface area contributed by atoms with E-state index in [1.54, 1.807) is 29.6 Å². The smallest absolute Gasteiger partial charge is 0.345 e. The second-order valence-corrected chi connectivity index (χ2v) is 7.30. The summed E-state index contributed by atoms with van der Waals surface area (Å²) < 4.78 is 5.33. The molecule has 0 radical (unpaired) electrons. The van der Waals surface area contributed by atoms with Gasteiger partial charge in [0.2, 0.25) is 0 Å². The van der Waals surface area contributed by atoms with Gasteiger partial charge in [0.05, 0.1) is 21.8 Å². The number of rotatable bonds is 3. The summed E-state index contributed by atoms with van der Waals surface area (Å²) >= 11 is 13.1. The van der Waals surface area contributed by atoms with E-state index in [0.29, 0.717) is 27.0 Å². The van der Waals surface area contributed by atoms with E-state index in [1.165, 1.54) is 23.5 Å². The van der Waals surface area contributed by atoms with E-state index in [-0.39, 0.29) is 10.6 Å². The molecule has 0 aliphatic rings. The molecular formula is C19H10Cl2N2O3S. The highest BCUT2D eigenvalue weighted by Gasteiger charge is 2.15. The topological polar surface area (TPSA) is 72.2 Å². The van der Waals surface area contributed by atoms with E-state index in [4.69, 9.17) is 27.6 Å². The molecule has 0 unspecified atom stereocenters. The maximum atomic E-state index is 12.4. The number of halogens is 2. The quantitative estimate of drug-likeness (QED) is 0.449. The zero-order chi connectivity index (χ0) is 19.0. The molecule has 0 fully saturated rings. The lowest BCUT2D eigenvalue weighted by molar-refractivity contribution is 0.102. The Kier molecular flexibility index (Phi) is 4.70. The first-order chi connectivity index (χ1) is 13.0. The number of thiazole rings is 1. The largest absolute Gasteiger partial charge is 0.422 e. The minimum atomic E-state index is -0.488. The molecule has 0 bridgehead atoms. The molecule has 2 aromatic carbocycles. The predicted molar refractivity (Wildman–Crippen MR) is 108 cm³/mol. The van der Waals surface area contributed by atoms with Gasteiger partial charge in [0, 0.05) is 15.8 Å². The van der Waals surface area contributed by atoms with Crippen molar-refractivity contribution in [3.8, 4) is 11.3 Å². The van der Waals surface area contributed by atoms with Gasteiger partial charge in [-0.3, -0.25) is 10.1 Å². The Balaban J connectivity index is 1.63. The Bertz CT molecular complexity index is 1230. The zero-order valence-electron chi connectivity index (χ0n) is 13.5. The number of nitrogens with one attached hydrogen (secondary N) is 1. The number of hydrogen-bond donors (Lipinski definition) is 1. The van der Waals surface area contributed by atoms with Crippen molar-refractivity contribution in [3.05, 3.63) is 79.9 Å². The molecular weight excluding hydrogens is 407 g/mol. The van der Waals surface area contributed by atoms with Crippen LogP contribution in [0.25, 0.3) is 22.2 Å². The minimum Gasteiger partial charge on any atom is -0.422 e. The number of fused-ring (bicyclic) bond motifs is 1. The number of aromatic nitrogens is 1. The number of carbonyl (C=O) groups excluding carboxylic acids is 1. The van der Waals surface area contributed by atoms with E-state index in [9.17, 15) is 9.59 Å². The van der Waals surface area contributed by atoms with Gasteiger partial charge in [-0.25, -0.2) is 9.78 Å². The molecule has 0 aliphatic carbocycles. The van der Waals surface area contributed by atoms with E-state index >= 15 is 0 Å². The average molecular weight is 417 g/mol. The molecule has 1 N–H and O–H groups in total. The highest BCUT2D eigenvalue weighted by atomic mass is 35.5. The molecule has 134 valence electrons. The fraction of sp³-hybridized carbons (Fsp3) is 0. The molecule has 0 saturated heterocycles. The van der Waals surface area contributed by atoms with Gasteiger partial charge in [0.1, 0.15) is 5.58 Å². The zero-order valence-corrected chi connectivity index (χ0v) is 15.9. The molecule has 2 heterocycles. The minimum absolute atomic E-state index is 0.243. The summed E-state index contributed by atoms with van der Waals surface area (Å²) in [5.41, 5.74) is 1.06. The number of hydrogen-bond acceptors (Lipinski definition) is 5. The van der Waals surface area contributed by atoms with Gasteiger partial charge in [-0.1, -0.05) is 41.4 Å². The number of nitrogens with zero attached hydrogens (tertiary/aromatic N) is 1. The number of carbonyl (C=O) groups is 1. The summed E-state index contributed by atoms with van der Waals surface area (Å²) in [5.74, 6) is -0.414. The van der Waals surface area contributed by atoms with Crippen molar-refractivity contribution in [3.63, 3.8) is 0 Å². The number of para-hydroxylation sites is 1. The van der Waals surface area contributed by atoms with E-state index in [2.05, 4.69) is 10.3 Å². The van der Waals surface area contributed by atoms with Crippen LogP contribution in [-0.2, 0) is 0 Å². The van der Waals surface area contributed by atoms with Crippen molar-refractivity contribution in [2.45, 2.75) is 0 Å². The second-order valence-electron chi connectivity index (χ2n) is 5.60. The van der Waals surface area contributed by atoms with Gasteiger partial charge in [-0.2, -0.15) is 0 Å². The third-order valence-electron chi connectivity index (χ3n) is 3.82. The van der Waals surface area contributed by atoms with Crippen LogP contribution < -0.4 is 10.9 Å². The lowest BCUT2D eigenvalue weighted by atomic mass is 10.1. The molecule has 5 nitrogen and oxygen atoms in total. The Hall–Kier alpha value is -2.67. The molecule has 4 rings (SSSR count). The Morgan fingerprint density at radius 3 is 2.74 bits per heavy atom. The molecule has 4 aromatic rings. The fourth-order valence-electron chi connectivity index (χ4n) is 2.53. The van der Waals surface area contributed by atoms with Crippen LogP contribution in [0.2, 0.25) is 10.0 Å². The number of amides is 1. The Morgan fingerprint density at radius 1 is 1.11 bits per heavy atom. The van der Waals surface area contributed by atoms with Gasteiger partial charge < -0.3 is 4.42 Å². The standard InChI is InChI=1S/C19H10Cl2N2O3S/c20-11-5-6-12(14(21)8-11)17(24)23-19-22-15(9-27-19)13-7-10-3-1-2-4-16(10)26-18(13)25/h1-9H,(H,22,23,24). The summed E-state index contributed by atoms with van der Waals surface area (Å²) in [5, 5.41) is 6.17. The van der Waals surface area contributed by atoms with Crippen molar-refractivity contribution in [2.75, 3.05) is 5.32 Å². The summed E-state index contributed by atoms with van der Waals surface area (Å²) in [7, 11) is 0. The number of anilines is 1. The normalized spacial score (nSPS) is 10.9. The fourth-order valence-corrected chi connectivity index (χ4v) is 3.73. The van der Waals surface area contributed by atoms with Crippen molar-refractivity contribution < 1.29 is 9.21 Å². The van der Waals surface area contributed by atoms with Crippen molar-refractivity contribution in [1.82, 2.24) is 4.98 Å². The second kappa shape index (κ2) is 7.15. The highest BCUT2D eigenvalue weighted by molar-refractivity contribution is 7.14. The Labute approximate surface area is 167 Å². The van der Waals surface area contributed by atoms with Gasteiger partial charge in [-0.05, 0) is 30.3 Å². The molecule has 8 heteroatoms. The van der Waals surface area contributed by atoms with Crippen LogP contribution in [0.15, 0.2) is 63.1 Å². The van der Waals surface area contributed by atoms with Crippen molar-refractivity contribution >= 4 is 56.5 Å². The summed E-state index contributed by atoms with van der Waals surface area (Å²) in [4.78, 5) is 28.9. The van der Waals surface area contributed by atoms with Gasteiger partial charge in [-0.15, -0.1) is 11.3 Å². The molecule has 0 atom stereocenters. The first-order valence-corrected chi connectivity index (χ1v) is 9.40. The van der Waals surface area contributed by atoms with Crippen LogP contribution in [-0.4, -0.2) is 10.9 Å². The highest BCUT2D eigenvalue weighted by Crippen LogP contribution is 2.27. The van der Waals surface area contributed by atoms with E-state index < -0.39 is 11.5 Å². The molecule has 0 spiro atoms. The maximum Gasteiger partial charge on any atom is 0.345 e. The average Bonchev–Trinajstić information content (AvgIpc) is 3.09. The molecule has 0 saturated carbocycles. The first-order valence-electron chi connectivity index (χ1n) is 7.76. The van der Waals surface area contributed by atoms with Crippen molar-refractivity contribution in [1.29, 1.82) is 0 Å². The van der Waals surface area contributed by atoms with Crippen LogP contribution in [0.1, 0.15) is 10.4 Å². The van der Waals surface area contributed by atoms with E-state index in [1.807, 2.05) is 12.1 Å². The van der Waals surface area contributed by atoms with Gasteiger partial charge in [0.25, 0.3) is 5.91 Å². The molecule has 0 aliphatic heterocycles. The lowest BCUT2D eigenvalue weighted by Gasteiger charge is -2.04. The molecule has 27 heavy (non-hydrogen) atoms. The van der Waals surface area contributed by atoms with Gasteiger partial charge in [0.15, 0.2) is 5.13 Å². The molecule has 2 aromatic heterocycles. The summed E-state index contributed by atoms with van der Waals surface area (Å²) in [6.45, 7) is 0. The van der Waals surface area contributed by atoms with Crippen LogP contribution in [0.3, 0.4) is 0 Å². The first kappa shape index (κ1) is 17.7. The monoisotopic (exact) mass is 416 g/mol. The Morgan fingerprint density at radius 2 is 1.93 bits per heavy atom. The third-order valence-corrected chi connectivity index (χ3v) is 5.12. The van der Waals surface area contributed by atoms with Gasteiger partial charge >= 0.3 is 5.63 Å². The predicted octanol–water partition coefficient (Wildman–Crippen LogP) is 5.48. The number of benzene rings is 2. The molecule has 1 amide bonds.